The first kappa shape index (κ1) is 18.5. The number of hydrogen-bond donors (Lipinski definition) is 2. The zero-order chi connectivity index (χ0) is 18.5. The molecule has 1 unspecified atom stereocenters. The van der Waals surface area contributed by atoms with Gasteiger partial charge >= 0.3 is 6.03 Å². The van der Waals surface area contributed by atoms with Crippen LogP contribution in [0.5, 0.6) is 0 Å². The lowest BCUT2D eigenvalue weighted by atomic mass is 10.0. The summed E-state index contributed by atoms with van der Waals surface area (Å²) in [6.45, 7) is 8.83. The van der Waals surface area contributed by atoms with Gasteiger partial charge in [-0.2, -0.15) is 0 Å². The molecule has 1 aliphatic heterocycles. The van der Waals surface area contributed by atoms with E-state index in [2.05, 4.69) is 27.4 Å². The Hall–Kier alpha value is -2.34. The summed E-state index contributed by atoms with van der Waals surface area (Å²) < 4.78 is 5.67. The number of urea groups is 1. The third-order valence-electron chi connectivity index (χ3n) is 5.05. The number of oxazole rings is 1. The minimum Gasteiger partial charge on any atom is -0.441 e. The van der Waals surface area contributed by atoms with Gasteiger partial charge in [0.2, 0.25) is 5.89 Å². The molecular weight excluding hydrogens is 328 g/mol. The van der Waals surface area contributed by atoms with Gasteiger partial charge in [0, 0.05) is 23.8 Å². The predicted octanol–water partition coefficient (Wildman–Crippen LogP) is 3.95. The molecule has 26 heavy (non-hydrogen) atoms. The van der Waals surface area contributed by atoms with E-state index in [9.17, 15) is 4.79 Å². The third kappa shape index (κ3) is 4.43. The first-order valence-electron chi connectivity index (χ1n) is 9.40. The summed E-state index contributed by atoms with van der Waals surface area (Å²) >= 11 is 0. The Bertz CT molecular complexity index is 737. The normalized spacial score (nSPS) is 17.9. The van der Waals surface area contributed by atoms with Gasteiger partial charge in [-0.3, -0.25) is 4.90 Å². The van der Waals surface area contributed by atoms with Crippen LogP contribution in [0, 0.1) is 13.8 Å². The number of likely N-dealkylation sites (tertiary alicyclic amines) is 1. The quantitative estimate of drug-likeness (QED) is 0.851. The minimum absolute atomic E-state index is 0.177. The molecule has 0 radical (unpaired) electrons. The van der Waals surface area contributed by atoms with E-state index in [0.29, 0.717) is 18.5 Å². The lowest BCUT2D eigenvalue weighted by Crippen LogP contribution is -2.47. The van der Waals surface area contributed by atoms with E-state index in [0.717, 1.165) is 42.2 Å². The smallest absolute Gasteiger partial charge is 0.319 e. The van der Waals surface area contributed by atoms with Crippen molar-refractivity contribution in [2.75, 3.05) is 25.0 Å². The van der Waals surface area contributed by atoms with Gasteiger partial charge < -0.3 is 15.1 Å². The molecule has 1 aromatic carbocycles. The summed E-state index contributed by atoms with van der Waals surface area (Å²) in [6.07, 6.45) is 3.64. The Labute approximate surface area is 155 Å². The van der Waals surface area contributed by atoms with E-state index < -0.39 is 0 Å². The Morgan fingerprint density at radius 1 is 1.35 bits per heavy atom. The van der Waals surface area contributed by atoms with Crippen LogP contribution in [0.2, 0.25) is 0 Å². The Morgan fingerprint density at radius 3 is 2.92 bits per heavy atom. The van der Waals surface area contributed by atoms with Gasteiger partial charge in [-0.05, 0) is 58.0 Å². The molecule has 1 aliphatic rings. The molecule has 6 nitrogen and oxygen atoms in total. The van der Waals surface area contributed by atoms with Gasteiger partial charge in [-0.15, -0.1) is 0 Å². The summed E-state index contributed by atoms with van der Waals surface area (Å²) in [4.78, 5) is 19.1. The van der Waals surface area contributed by atoms with Crippen molar-refractivity contribution in [2.24, 2.45) is 0 Å². The van der Waals surface area contributed by atoms with Crippen LogP contribution in [0.3, 0.4) is 0 Å². The number of nitrogens with zero attached hydrogens (tertiary/aromatic N) is 2. The molecule has 140 valence electrons. The molecule has 2 N–H and O–H groups in total. The molecule has 0 spiro atoms. The molecule has 1 aromatic heterocycles. The Morgan fingerprint density at radius 2 is 2.19 bits per heavy atom. The van der Waals surface area contributed by atoms with Crippen molar-refractivity contribution in [1.82, 2.24) is 15.2 Å². The minimum atomic E-state index is -0.177. The molecule has 6 heteroatoms. The highest BCUT2D eigenvalue weighted by Crippen LogP contribution is 2.24. The van der Waals surface area contributed by atoms with Crippen molar-refractivity contribution in [3.8, 4) is 11.5 Å². The van der Waals surface area contributed by atoms with E-state index in [-0.39, 0.29) is 6.03 Å². The van der Waals surface area contributed by atoms with Gasteiger partial charge in [0.05, 0.1) is 5.69 Å². The highest BCUT2D eigenvalue weighted by atomic mass is 16.4. The molecular formula is C20H28N4O2. The maximum Gasteiger partial charge on any atom is 0.319 e. The second-order valence-corrected chi connectivity index (χ2v) is 6.85. The molecule has 1 fully saturated rings. The highest BCUT2D eigenvalue weighted by Gasteiger charge is 2.21. The van der Waals surface area contributed by atoms with E-state index in [1.165, 1.54) is 12.8 Å². The van der Waals surface area contributed by atoms with Crippen molar-refractivity contribution in [1.29, 1.82) is 0 Å². The van der Waals surface area contributed by atoms with Crippen LogP contribution in [0.4, 0.5) is 10.5 Å². The monoisotopic (exact) mass is 356 g/mol. The lowest BCUT2D eigenvalue weighted by Gasteiger charge is -2.34. The molecule has 2 amide bonds. The van der Waals surface area contributed by atoms with E-state index in [4.69, 9.17) is 4.42 Å². The molecule has 2 aromatic rings. The van der Waals surface area contributed by atoms with Gasteiger partial charge in [-0.1, -0.05) is 19.4 Å². The molecule has 1 atom stereocenters. The molecule has 1 saturated heterocycles. The maximum atomic E-state index is 12.3. The number of carbonyl (C=O) groups is 1. The summed E-state index contributed by atoms with van der Waals surface area (Å²) in [6, 6.07) is 7.82. The standard InChI is InChI=1S/C20H28N4O2/c1-4-24-11-6-5-10-18(24)13-21-20(25)23-17-9-7-8-16(12-17)19-22-14(2)15(3)26-19/h7-9,12,18H,4-6,10-11,13H2,1-3H3,(H2,21,23,25). The molecule has 0 aliphatic carbocycles. The van der Waals surface area contributed by atoms with Crippen molar-refractivity contribution in [2.45, 2.75) is 46.1 Å². The van der Waals surface area contributed by atoms with Crippen LogP contribution < -0.4 is 10.6 Å². The van der Waals surface area contributed by atoms with Crippen LogP contribution in [-0.2, 0) is 0 Å². The number of hydrogen-bond acceptors (Lipinski definition) is 4. The maximum absolute atomic E-state index is 12.3. The number of anilines is 1. The van der Waals surface area contributed by atoms with Crippen molar-refractivity contribution in [3.63, 3.8) is 0 Å². The molecule has 0 bridgehead atoms. The largest absolute Gasteiger partial charge is 0.441 e. The van der Waals surface area contributed by atoms with Crippen LogP contribution >= 0.6 is 0 Å². The van der Waals surface area contributed by atoms with Crippen molar-refractivity contribution in [3.05, 3.63) is 35.7 Å². The number of aromatic nitrogens is 1. The number of rotatable bonds is 5. The van der Waals surface area contributed by atoms with E-state index in [1.54, 1.807) is 0 Å². The molecule has 0 saturated carbocycles. The number of benzene rings is 1. The first-order valence-corrected chi connectivity index (χ1v) is 9.40. The summed E-state index contributed by atoms with van der Waals surface area (Å²) in [5.74, 6) is 1.38. The number of carbonyl (C=O) groups excluding carboxylic acids is 1. The fraction of sp³-hybridized carbons (Fsp3) is 0.500. The molecule has 3 rings (SSSR count). The zero-order valence-corrected chi connectivity index (χ0v) is 15.8. The van der Waals surface area contributed by atoms with Gasteiger partial charge in [0.25, 0.3) is 0 Å². The zero-order valence-electron chi connectivity index (χ0n) is 15.8. The Balaban J connectivity index is 1.58. The summed E-state index contributed by atoms with van der Waals surface area (Å²) in [5, 5.41) is 5.91. The fourth-order valence-corrected chi connectivity index (χ4v) is 3.42. The average Bonchev–Trinajstić information content (AvgIpc) is 2.99. The summed E-state index contributed by atoms with van der Waals surface area (Å²) in [5.41, 5.74) is 2.46. The SMILES string of the molecule is CCN1CCCCC1CNC(=O)Nc1cccc(-c2nc(C)c(C)o2)c1. The predicted molar refractivity (Wildman–Crippen MR) is 103 cm³/mol. The fourth-order valence-electron chi connectivity index (χ4n) is 3.42. The second-order valence-electron chi connectivity index (χ2n) is 6.85. The van der Waals surface area contributed by atoms with Gasteiger partial charge in [0.1, 0.15) is 5.76 Å². The highest BCUT2D eigenvalue weighted by molar-refractivity contribution is 5.89. The van der Waals surface area contributed by atoms with Crippen LogP contribution in [0.1, 0.15) is 37.6 Å². The van der Waals surface area contributed by atoms with Gasteiger partial charge in [-0.25, -0.2) is 9.78 Å². The average molecular weight is 356 g/mol. The van der Waals surface area contributed by atoms with E-state index >= 15 is 0 Å². The van der Waals surface area contributed by atoms with Crippen molar-refractivity contribution >= 4 is 11.7 Å². The number of aryl methyl sites for hydroxylation is 2. The number of likely N-dealkylation sites (N-methyl/N-ethyl adjacent to an activating group) is 1. The number of nitrogens with one attached hydrogen (secondary N) is 2. The third-order valence-corrected chi connectivity index (χ3v) is 5.05. The first-order chi connectivity index (χ1) is 12.6. The van der Waals surface area contributed by atoms with Crippen LogP contribution in [-0.4, -0.2) is 41.6 Å². The number of amides is 2. The van der Waals surface area contributed by atoms with Crippen LogP contribution in [0.15, 0.2) is 28.7 Å². The van der Waals surface area contributed by atoms with Crippen molar-refractivity contribution < 1.29 is 9.21 Å². The topological polar surface area (TPSA) is 70.4 Å². The Kier molecular flexibility index (Phi) is 5.93. The lowest BCUT2D eigenvalue weighted by molar-refractivity contribution is 0.154. The van der Waals surface area contributed by atoms with E-state index in [1.807, 2.05) is 38.1 Å². The molecule has 2 heterocycles. The number of piperidine rings is 1. The summed E-state index contributed by atoms with van der Waals surface area (Å²) in [7, 11) is 0. The van der Waals surface area contributed by atoms with Crippen LogP contribution in [0.25, 0.3) is 11.5 Å². The second kappa shape index (κ2) is 8.36. The van der Waals surface area contributed by atoms with Gasteiger partial charge in [0.15, 0.2) is 0 Å².